The van der Waals surface area contributed by atoms with E-state index in [1.165, 1.54) is 24.3 Å². The van der Waals surface area contributed by atoms with Crippen molar-refractivity contribution < 1.29 is 28.7 Å². The predicted octanol–water partition coefficient (Wildman–Crippen LogP) is 2.80. The fourth-order valence-corrected chi connectivity index (χ4v) is 3.12. The lowest BCUT2D eigenvalue weighted by molar-refractivity contribution is -0.384. The third kappa shape index (κ3) is 3.81. The smallest absolute Gasteiger partial charge is 0.338 e. The number of benzene rings is 1. The summed E-state index contributed by atoms with van der Waals surface area (Å²) in [4.78, 5) is 22.4. The SMILES string of the molecule is CCC(OC(=O)c1ccc([N+](=O)[O-])cc1)C1C[C@H]2OC(C)(C)O[C@H]2O1. The Bertz CT molecular complexity index is 641. The van der Waals surface area contributed by atoms with Crippen molar-refractivity contribution in [2.75, 3.05) is 0 Å². The number of esters is 1. The molecule has 8 heteroatoms. The maximum atomic E-state index is 12.3. The van der Waals surface area contributed by atoms with E-state index in [2.05, 4.69) is 0 Å². The lowest BCUT2D eigenvalue weighted by Gasteiger charge is -2.25. The highest BCUT2D eigenvalue weighted by atomic mass is 16.8. The average Bonchev–Trinajstić information content (AvgIpc) is 3.05. The Kier molecular flexibility index (Phi) is 4.77. The number of carbonyl (C=O) groups is 1. The van der Waals surface area contributed by atoms with Crippen LogP contribution in [0.5, 0.6) is 0 Å². The van der Waals surface area contributed by atoms with Gasteiger partial charge in [-0.2, -0.15) is 0 Å². The van der Waals surface area contributed by atoms with Crippen LogP contribution in [0.3, 0.4) is 0 Å². The summed E-state index contributed by atoms with van der Waals surface area (Å²) >= 11 is 0. The van der Waals surface area contributed by atoms with Gasteiger partial charge >= 0.3 is 5.97 Å². The molecule has 25 heavy (non-hydrogen) atoms. The molecule has 1 aromatic rings. The van der Waals surface area contributed by atoms with Crippen molar-refractivity contribution in [1.29, 1.82) is 0 Å². The molecule has 0 aromatic heterocycles. The van der Waals surface area contributed by atoms with Gasteiger partial charge in [0, 0.05) is 18.6 Å². The summed E-state index contributed by atoms with van der Waals surface area (Å²) in [5.41, 5.74) is 0.184. The lowest BCUT2D eigenvalue weighted by atomic mass is 10.1. The van der Waals surface area contributed by atoms with Gasteiger partial charge in [-0.25, -0.2) is 4.79 Å². The summed E-state index contributed by atoms with van der Waals surface area (Å²) in [7, 11) is 0. The molecule has 0 N–H and O–H groups in total. The van der Waals surface area contributed by atoms with Gasteiger partial charge in [-0.3, -0.25) is 10.1 Å². The number of carbonyl (C=O) groups excluding carboxylic acids is 1. The first-order valence-corrected chi connectivity index (χ1v) is 8.25. The molecule has 2 saturated heterocycles. The Hall–Kier alpha value is -2.03. The normalized spacial score (nSPS) is 28.4. The van der Waals surface area contributed by atoms with Crippen molar-refractivity contribution >= 4 is 11.7 Å². The summed E-state index contributed by atoms with van der Waals surface area (Å²) in [5, 5.41) is 10.7. The van der Waals surface area contributed by atoms with Crippen LogP contribution in [0.15, 0.2) is 24.3 Å². The zero-order valence-electron chi connectivity index (χ0n) is 14.3. The molecule has 0 bridgehead atoms. The van der Waals surface area contributed by atoms with Gasteiger partial charge < -0.3 is 18.9 Å². The van der Waals surface area contributed by atoms with E-state index < -0.39 is 29.1 Å². The van der Waals surface area contributed by atoms with E-state index >= 15 is 0 Å². The first-order valence-electron chi connectivity index (χ1n) is 8.25. The molecule has 2 unspecified atom stereocenters. The number of rotatable bonds is 5. The van der Waals surface area contributed by atoms with E-state index in [-0.39, 0.29) is 23.5 Å². The molecule has 0 radical (unpaired) electrons. The molecule has 3 rings (SSSR count). The summed E-state index contributed by atoms with van der Waals surface area (Å²) < 4.78 is 22.8. The van der Waals surface area contributed by atoms with Gasteiger partial charge in [0.1, 0.15) is 18.3 Å². The second-order valence-corrected chi connectivity index (χ2v) is 6.61. The number of ether oxygens (including phenoxy) is 4. The van der Waals surface area contributed by atoms with Crippen molar-refractivity contribution in [2.45, 2.75) is 64.0 Å². The van der Waals surface area contributed by atoms with Crippen molar-refractivity contribution in [3.63, 3.8) is 0 Å². The number of hydrogen-bond donors (Lipinski definition) is 0. The Balaban J connectivity index is 1.61. The van der Waals surface area contributed by atoms with Crippen LogP contribution in [0.2, 0.25) is 0 Å². The Labute approximate surface area is 145 Å². The molecule has 2 aliphatic heterocycles. The van der Waals surface area contributed by atoms with Crippen LogP contribution >= 0.6 is 0 Å². The molecule has 8 nitrogen and oxygen atoms in total. The molecule has 4 atom stereocenters. The van der Waals surface area contributed by atoms with E-state index in [0.29, 0.717) is 12.8 Å². The Morgan fingerprint density at radius 2 is 2.04 bits per heavy atom. The van der Waals surface area contributed by atoms with E-state index in [0.717, 1.165) is 0 Å². The quantitative estimate of drug-likeness (QED) is 0.457. The number of fused-ring (bicyclic) bond motifs is 1. The zero-order valence-corrected chi connectivity index (χ0v) is 14.3. The third-order valence-electron chi connectivity index (χ3n) is 4.30. The highest BCUT2D eigenvalue weighted by Gasteiger charge is 2.50. The van der Waals surface area contributed by atoms with Crippen molar-refractivity contribution in [3.05, 3.63) is 39.9 Å². The standard InChI is InChI=1S/C17H21NO7/c1-4-12(13-9-14-16(23-13)25-17(2,3)24-14)22-15(19)10-5-7-11(8-6-10)18(20)21/h5-8,12-14,16H,4,9H2,1-3H3/t12?,13?,14-,16-/m1/s1. The molecule has 2 fully saturated rings. The maximum Gasteiger partial charge on any atom is 0.338 e. The highest BCUT2D eigenvalue weighted by molar-refractivity contribution is 5.89. The minimum Gasteiger partial charge on any atom is -0.456 e. The lowest BCUT2D eigenvalue weighted by Crippen LogP contribution is -2.33. The first-order chi connectivity index (χ1) is 11.8. The second-order valence-electron chi connectivity index (χ2n) is 6.61. The summed E-state index contributed by atoms with van der Waals surface area (Å²) in [6.07, 6.45) is -0.215. The van der Waals surface area contributed by atoms with Crippen LogP contribution in [0.25, 0.3) is 0 Å². The van der Waals surface area contributed by atoms with Gasteiger partial charge in [-0.1, -0.05) is 6.92 Å². The zero-order chi connectivity index (χ0) is 18.2. The molecule has 0 saturated carbocycles. The molecular formula is C17H21NO7. The van der Waals surface area contributed by atoms with Crippen LogP contribution in [-0.2, 0) is 18.9 Å². The van der Waals surface area contributed by atoms with Crippen LogP contribution in [-0.4, -0.2) is 41.3 Å². The van der Waals surface area contributed by atoms with Crippen molar-refractivity contribution in [3.8, 4) is 0 Å². The molecule has 0 spiro atoms. The number of hydrogen-bond acceptors (Lipinski definition) is 7. The van der Waals surface area contributed by atoms with Gasteiger partial charge in [-0.05, 0) is 32.4 Å². The van der Waals surface area contributed by atoms with Gasteiger partial charge in [0.05, 0.1) is 10.5 Å². The number of nitro groups is 1. The minimum atomic E-state index is -0.669. The van der Waals surface area contributed by atoms with Crippen molar-refractivity contribution in [2.24, 2.45) is 0 Å². The molecule has 136 valence electrons. The summed E-state index contributed by atoms with van der Waals surface area (Å²) in [6.45, 7) is 5.56. The largest absolute Gasteiger partial charge is 0.456 e. The predicted molar refractivity (Wildman–Crippen MR) is 85.9 cm³/mol. The first kappa shape index (κ1) is 17.8. The fraction of sp³-hybridized carbons (Fsp3) is 0.588. The fourth-order valence-electron chi connectivity index (χ4n) is 3.12. The van der Waals surface area contributed by atoms with Gasteiger partial charge in [0.25, 0.3) is 5.69 Å². The molecule has 2 aliphatic rings. The number of nitrogens with zero attached hydrogens (tertiary/aromatic N) is 1. The van der Waals surface area contributed by atoms with E-state index in [4.69, 9.17) is 18.9 Å². The minimum absolute atomic E-state index is 0.0764. The molecule has 1 aromatic carbocycles. The number of nitro benzene ring substituents is 1. The summed E-state index contributed by atoms with van der Waals surface area (Å²) in [5.74, 6) is -1.21. The Morgan fingerprint density at radius 3 is 2.60 bits per heavy atom. The molecule has 2 heterocycles. The average molecular weight is 351 g/mol. The van der Waals surface area contributed by atoms with Crippen LogP contribution in [0.1, 0.15) is 44.0 Å². The van der Waals surface area contributed by atoms with Gasteiger partial charge in [0.15, 0.2) is 12.1 Å². The monoisotopic (exact) mass is 351 g/mol. The molecular weight excluding hydrogens is 330 g/mol. The van der Waals surface area contributed by atoms with Crippen molar-refractivity contribution in [1.82, 2.24) is 0 Å². The topological polar surface area (TPSA) is 97.1 Å². The van der Waals surface area contributed by atoms with E-state index in [1.54, 1.807) is 0 Å². The van der Waals surface area contributed by atoms with Crippen LogP contribution < -0.4 is 0 Å². The maximum absolute atomic E-state index is 12.3. The third-order valence-corrected chi connectivity index (χ3v) is 4.30. The molecule has 0 aliphatic carbocycles. The van der Waals surface area contributed by atoms with Gasteiger partial charge in [0.2, 0.25) is 0 Å². The molecule has 0 amide bonds. The Morgan fingerprint density at radius 1 is 1.36 bits per heavy atom. The van der Waals surface area contributed by atoms with Crippen LogP contribution in [0.4, 0.5) is 5.69 Å². The number of non-ortho nitro benzene ring substituents is 1. The van der Waals surface area contributed by atoms with Crippen LogP contribution in [0, 0.1) is 10.1 Å². The van der Waals surface area contributed by atoms with E-state index in [1.807, 2.05) is 20.8 Å². The van der Waals surface area contributed by atoms with Gasteiger partial charge in [-0.15, -0.1) is 0 Å². The second kappa shape index (κ2) is 6.70. The van der Waals surface area contributed by atoms with E-state index in [9.17, 15) is 14.9 Å². The summed E-state index contributed by atoms with van der Waals surface area (Å²) in [6, 6.07) is 5.31. The highest BCUT2D eigenvalue weighted by Crippen LogP contribution is 2.38.